The molecule has 162 valence electrons. The summed E-state index contributed by atoms with van der Waals surface area (Å²) in [5, 5.41) is 10.2. The van der Waals surface area contributed by atoms with E-state index in [1.807, 2.05) is 63.2 Å². The summed E-state index contributed by atoms with van der Waals surface area (Å²) in [5.41, 5.74) is 3.75. The minimum atomic E-state index is -0.278. The molecule has 7 nitrogen and oxygen atoms in total. The second-order valence-corrected chi connectivity index (χ2v) is 7.85. The van der Waals surface area contributed by atoms with Gasteiger partial charge in [0.25, 0.3) is 5.91 Å². The number of amides is 2. The summed E-state index contributed by atoms with van der Waals surface area (Å²) in [7, 11) is 1.60. The lowest BCUT2D eigenvalue weighted by molar-refractivity contribution is -0.116. The normalized spacial score (nSPS) is 10.7. The van der Waals surface area contributed by atoms with E-state index in [1.165, 1.54) is 0 Å². The maximum atomic E-state index is 12.6. The van der Waals surface area contributed by atoms with Crippen LogP contribution >= 0.6 is 0 Å². The van der Waals surface area contributed by atoms with Crippen molar-refractivity contribution in [2.75, 3.05) is 12.4 Å². The molecule has 0 saturated carbocycles. The minimum absolute atomic E-state index is 0.0201. The average molecular weight is 421 g/mol. The van der Waals surface area contributed by atoms with Gasteiger partial charge in [0.1, 0.15) is 11.4 Å². The van der Waals surface area contributed by atoms with Gasteiger partial charge in [-0.25, -0.2) is 4.68 Å². The highest BCUT2D eigenvalue weighted by Gasteiger charge is 2.13. The molecule has 0 aliphatic heterocycles. The van der Waals surface area contributed by atoms with Gasteiger partial charge < -0.3 is 15.4 Å². The van der Waals surface area contributed by atoms with Crippen LogP contribution in [0.4, 0.5) is 5.69 Å². The standard InChI is InChI=1S/C24H28N4O3/c1-16(2)12-23(29)26-19-7-5-6-18(14-19)15-25-24(30)20-10-11-28(27-20)21-13-17(3)8-9-22(21)31-4/h5-11,13-14,16H,12,15H2,1-4H3,(H,25,30)(H,26,29). The highest BCUT2D eigenvalue weighted by molar-refractivity contribution is 5.92. The molecule has 0 saturated heterocycles. The lowest BCUT2D eigenvalue weighted by atomic mass is 10.1. The highest BCUT2D eigenvalue weighted by atomic mass is 16.5. The number of hydrogen-bond donors (Lipinski definition) is 2. The number of ether oxygens (including phenoxy) is 1. The van der Waals surface area contributed by atoms with Crippen LogP contribution in [-0.4, -0.2) is 28.7 Å². The van der Waals surface area contributed by atoms with Crippen LogP contribution in [0.3, 0.4) is 0 Å². The second-order valence-electron chi connectivity index (χ2n) is 7.85. The fourth-order valence-electron chi connectivity index (χ4n) is 3.17. The number of carbonyl (C=O) groups excluding carboxylic acids is 2. The van der Waals surface area contributed by atoms with Crippen LogP contribution in [0, 0.1) is 12.8 Å². The molecule has 0 radical (unpaired) electrons. The van der Waals surface area contributed by atoms with Gasteiger partial charge in [-0.05, 0) is 54.3 Å². The molecule has 0 aliphatic carbocycles. The molecule has 1 aromatic heterocycles. The van der Waals surface area contributed by atoms with E-state index in [1.54, 1.807) is 24.1 Å². The first-order valence-electron chi connectivity index (χ1n) is 10.2. The molecule has 0 atom stereocenters. The number of nitrogens with one attached hydrogen (secondary N) is 2. The number of nitrogens with zero attached hydrogens (tertiary/aromatic N) is 2. The number of anilines is 1. The minimum Gasteiger partial charge on any atom is -0.494 e. The maximum Gasteiger partial charge on any atom is 0.272 e. The summed E-state index contributed by atoms with van der Waals surface area (Å²) < 4.78 is 7.03. The van der Waals surface area contributed by atoms with Crippen molar-refractivity contribution in [3.05, 3.63) is 71.5 Å². The summed E-state index contributed by atoms with van der Waals surface area (Å²) in [6, 6.07) is 14.9. The summed E-state index contributed by atoms with van der Waals surface area (Å²) in [6.45, 7) is 6.32. The number of aryl methyl sites for hydroxylation is 1. The molecule has 1 heterocycles. The summed E-state index contributed by atoms with van der Waals surface area (Å²) in [6.07, 6.45) is 2.20. The lowest BCUT2D eigenvalue weighted by Crippen LogP contribution is -2.23. The molecule has 0 unspecified atom stereocenters. The Bertz CT molecular complexity index is 1070. The van der Waals surface area contributed by atoms with Crippen molar-refractivity contribution in [2.45, 2.75) is 33.7 Å². The topological polar surface area (TPSA) is 85.2 Å². The van der Waals surface area contributed by atoms with Crippen LogP contribution < -0.4 is 15.4 Å². The average Bonchev–Trinajstić information content (AvgIpc) is 3.22. The largest absolute Gasteiger partial charge is 0.494 e. The van der Waals surface area contributed by atoms with Crippen LogP contribution in [0.2, 0.25) is 0 Å². The van der Waals surface area contributed by atoms with Crippen molar-refractivity contribution in [3.8, 4) is 11.4 Å². The molecule has 0 fully saturated rings. The number of hydrogen-bond acceptors (Lipinski definition) is 4. The molecule has 2 aromatic carbocycles. The summed E-state index contributed by atoms with van der Waals surface area (Å²) >= 11 is 0. The Morgan fingerprint density at radius 2 is 1.94 bits per heavy atom. The molecule has 3 rings (SSSR count). The summed E-state index contributed by atoms with van der Waals surface area (Å²) in [5.74, 6) is 0.673. The van der Waals surface area contributed by atoms with Crippen molar-refractivity contribution in [1.82, 2.24) is 15.1 Å². The van der Waals surface area contributed by atoms with Crippen LogP contribution in [0.5, 0.6) is 5.75 Å². The molecule has 0 aliphatic rings. The van der Waals surface area contributed by atoms with Crippen molar-refractivity contribution in [3.63, 3.8) is 0 Å². The van der Waals surface area contributed by atoms with Crippen LogP contribution in [0.25, 0.3) is 5.69 Å². The molecule has 3 aromatic rings. The van der Waals surface area contributed by atoms with Gasteiger partial charge in [-0.2, -0.15) is 5.10 Å². The van der Waals surface area contributed by atoms with Crippen molar-refractivity contribution in [2.24, 2.45) is 5.92 Å². The lowest BCUT2D eigenvalue weighted by Gasteiger charge is -2.10. The Morgan fingerprint density at radius 3 is 2.68 bits per heavy atom. The van der Waals surface area contributed by atoms with Gasteiger partial charge in [-0.3, -0.25) is 9.59 Å². The number of benzene rings is 2. The Balaban J connectivity index is 1.64. The number of aromatic nitrogens is 2. The van der Waals surface area contributed by atoms with Crippen LogP contribution in [0.15, 0.2) is 54.7 Å². The van der Waals surface area contributed by atoms with Crippen LogP contribution in [0.1, 0.15) is 41.9 Å². The van der Waals surface area contributed by atoms with Gasteiger partial charge in [0.2, 0.25) is 5.91 Å². The Labute approximate surface area is 182 Å². The van der Waals surface area contributed by atoms with Crippen molar-refractivity contribution >= 4 is 17.5 Å². The van der Waals surface area contributed by atoms with Crippen molar-refractivity contribution < 1.29 is 14.3 Å². The fourth-order valence-corrected chi connectivity index (χ4v) is 3.17. The first-order valence-corrected chi connectivity index (χ1v) is 10.2. The molecule has 2 amide bonds. The third-order valence-electron chi connectivity index (χ3n) is 4.66. The summed E-state index contributed by atoms with van der Waals surface area (Å²) in [4.78, 5) is 24.6. The van der Waals surface area contributed by atoms with Crippen molar-refractivity contribution in [1.29, 1.82) is 0 Å². The maximum absolute atomic E-state index is 12.6. The smallest absolute Gasteiger partial charge is 0.272 e. The molecule has 7 heteroatoms. The first-order chi connectivity index (χ1) is 14.9. The van der Waals surface area contributed by atoms with E-state index in [4.69, 9.17) is 4.74 Å². The number of carbonyl (C=O) groups is 2. The zero-order valence-corrected chi connectivity index (χ0v) is 18.3. The van der Waals surface area contributed by atoms with Gasteiger partial charge in [0.15, 0.2) is 5.69 Å². The zero-order chi connectivity index (χ0) is 22.4. The number of methoxy groups -OCH3 is 1. The van der Waals surface area contributed by atoms with E-state index < -0.39 is 0 Å². The van der Waals surface area contributed by atoms with Gasteiger partial charge in [-0.15, -0.1) is 0 Å². The van der Waals surface area contributed by atoms with Gasteiger partial charge >= 0.3 is 0 Å². The molecule has 0 spiro atoms. The molecular formula is C24H28N4O3. The SMILES string of the molecule is COc1ccc(C)cc1-n1ccc(C(=O)NCc2cccc(NC(=O)CC(C)C)c2)n1. The quantitative estimate of drug-likeness (QED) is 0.574. The van der Waals surface area contributed by atoms with E-state index in [9.17, 15) is 9.59 Å². The predicted molar refractivity (Wildman–Crippen MR) is 121 cm³/mol. The fraction of sp³-hybridized carbons (Fsp3) is 0.292. The molecule has 31 heavy (non-hydrogen) atoms. The second kappa shape index (κ2) is 9.93. The van der Waals surface area contributed by atoms with E-state index in [0.717, 1.165) is 16.8 Å². The zero-order valence-electron chi connectivity index (χ0n) is 18.3. The molecule has 0 bridgehead atoms. The number of rotatable bonds is 8. The van der Waals surface area contributed by atoms with Gasteiger partial charge in [-0.1, -0.05) is 32.0 Å². The Kier molecular flexibility index (Phi) is 7.07. The van der Waals surface area contributed by atoms with Crippen LogP contribution in [-0.2, 0) is 11.3 Å². The first kappa shape index (κ1) is 22.1. The van der Waals surface area contributed by atoms with Gasteiger partial charge in [0.05, 0.1) is 7.11 Å². The van der Waals surface area contributed by atoms with E-state index in [0.29, 0.717) is 36.0 Å². The van der Waals surface area contributed by atoms with E-state index in [2.05, 4.69) is 15.7 Å². The Morgan fingerprint density at radius 1 is 1.13 bits per heavy atom. The Hall–Kier alpha value is -3.61. The monoisotopic (exact) mass is 420 g/mol. The third kappa shape index (κ3) is 5.94. The van der Waals surface area contributed by atoms with E-state index >= 15 is 0 Å². The van der Waals surface area contributed by atoms with E-state index in [-0.39, 0.29) is 11.8 Å². The highest BCUT2D eigenvalue weighted by Crippen LogP contribution is 2.23. The predicted octanol–water partition coefficient (Wildman–Crippen LogP) is 4.10. The third-order valence-corrected chi connectivity index (χ3v) is 4.66. The van der Waals surface area contributed by atoms with Gasteiger partial charge in [0, 0.05) is 24.8 Å². The molecule has 2 N–H and O–H groups in total. The molecular weight excluding hydrogens is 392 g/mol.